The van der Waals surface area contributed by atoms with Gasteiger partial charge in [-0.05, 0) is 24.6 Å². The van der Waals surface area contributed by atoms with Crippen molar-refractivity contribution in [1.29, 1.82) is 0 Å². The van der Waals surface area contributed by atoms with Crippen LogP contribution in [0.1, 0.15) is 23.2 Å². The lowest BCUT2D eigenvalue weighted by Crippen LogP contribution is -2.52. The first-order chi connectivity index (χ1) is 14.2. The SMILES string of the molecule is CCc1nc(CNC(=NC)N2CCN(Cc3cc(OC)ccc3OC)CC2)cs1.I. The molecule has 1 aromatic carbocycles. The summed E-state index contributed by atoms with van der Waals surface area (Å²) in [6.07, 6.45) is 0.986. The number of thiazole rings is 1. The van der Waals surface area contributed by atoms with Gasteiger partial charge in [0.2, 0.25) is 0 Å². The van der Waals surface area contributed by atoms with E-state index in [4.69, 9.17) is 9.47 Å². The molecule has 1 aliphatic rings. The highest BCUT2D eigenvalue weighted by atomic mass is 127. The summed E-state index contributed by atoms with van der Waals surface area (Å²) < 4.78 is 10.9. The maximum absolute atomic E-state index is 5.52. The van der Waals surface area contributed by atoms with Crippen molar-refractivity contribution >= 4 is 41.3 Å². The van der Waals surface area contributed by atoms with Crippen molar-refractivity contribution in [3.05, 3.63) is 39.8 Å². The Kier molecular flexibility index (Phi) is 10.1. The summed E-state index contributed by atoms with van der Waals surface area (Å²) in [5, 5.41) is 6.76. The van der Waals surface area contributed by atoms with Crippen molar-refractivity contribution < 1.29 is 9.47 Å². The van der Waals surface area contributed by atoms with Crippen LogP contribution in [0.4, 0.5) is 0 Å². The molecule has 30 heavy (non-hydrogen) atoms. The Balaban J connectivity index is 0.00000320. The van der Waals surface area contributed by atoms with Crippen LogP contribution < -0.4 is 14.8 Å². The van der Waals surface area contributed by atoms with E-state index in [1.54, 1.807) is 25.6 Å². The Morgan fingerprint density at radius 3 is 2.57 bits per heavy atom. The molecule has 0 atom stereocenters. The molecule has 0 amide bonds. The summed E-state index contributed by atoms with van der Waals surface area (Å²) in [5.74, 6) is 2.70. The van der Waals surface area contributed by atoms with E-state index in [9.17, 15) is 0 Å². The Hall–Kier alpha value is -1.59. The Morgan fingerprint density at radius 1 is 1.20 bits per heavy atom. The second-order valence-corrected chi connectivity index (χ2v) is 7.87. The fourth-order valence-corrected chi connectivity index (χ4v) is 4.20. The lowest BCUT2D eigenvalue weighted by atomic mass is 10.1. The fourth-order valence-electron chi connectivity index (χ4n) is 3.46. The van der Waals surface area contributed by atoms with Crippen molar-refractivity contribution in [3.8, 4) is 11.5 Å². The monoisotopic (exact) mass is 545 g/mol. The number of methoxy groups -OCH3 is 2. The minimum absolute atomic E-state index is 0. The average Bonchev–Trinajstić information content (AvgIpc) is 3.23. The summed E-state index contributed by atoms with van der Waals surface area (Å²) >= 11 is 1.72. The maximum Gasteiger partial charge on any atom is 0.194 e. The molecule has 1 saturated heterocycles. The van der Waals surface area contributed by atoms with Crippen molar-refractivity contribution in [1.82, 2.24) is 20.1 Å². The van der Waals surface area contributed by atoms with E-state index in [1.165, 1.54) is 5.01 Å². The molecule has 0 radical (unpaired) electrons. The third-order valence-electron chi connectivity index (χ3n) is 5.09. The number of rotatable bonds is 7. The number of guanidine groups is 1. The fraction of sp³-hybridized carbons (Fsp3) is 0.524. The summed E-state index contributed by atoms with van der Waals surface area (Å²) in [4.78, 5) is 13.8. The topological polar surface area (TPSA) is 62.2 Å². The number of piperazine rings is 1. The van der Waals surface area contributed by atoms with Crippen LogP contribution in [0.3, 0.4) is 0 Å². The van der Waals surface area contributed by atoms with Gasteiger partial charge < -0.3 is 19.7 Å². The summed E-state index contributed by atoms with van der Waals surface area (Å²) in [5.41, 5.74) is 2.23. The molecule has 0 spiro atoms. The van der Waals surface area contributed by atoms with E-state index in [-0.39, 0.29) is 24.0 Å². The first-order valence-electron chi connectivity index (χ1n) is 9.99. The van der Waals surface area contributed by atoms with Crippen molar-refractivity contribution in [3.63, 3.8) is 0 Å². The number of nitrogens with one attached hydrogen (secondary N) is 1. The first kappa shape index (κ1) is 24.7. The largest absolute Gasteiger partial charge is 0.497 e. The zero-order valence-corrected chi connectivity index (χ0v) is 21.3. The standard InChI is InChI=1S/C21H31N5O2S.HI/c1-5-20-24-17(15-29-20)13-23-21(22-2)26-10-8-25(9-11-26)14-16-12-18(27-3)6-7-19(16)28-4;/h6-7,12,15H,5,8-11,13-14H2,1-4H3,(H,22,23);1H. The number of halogens is 1. The molecule has 1 N–H and O–H groups in total. The van der Waals surface area contributed by atoms with Gasteiger partial charge in [0, 0.05) is 50.7 Å². The van der Waals surface area contributed by atoms with Crippen LogP contribution in [0.25, 0.3) is 0 Å². The summed E-state index contributed by atoms with van der Waals surface area (Å²) in [6.45, 7) is 7.50. The third-order valence-corrected chi connectivity index (χ3v) is 6.14. The van der Waals surface area contributed by atoms with Gasteiger partial charge in [-0.1, -0.05) is 6.92 Å². The number of aromatic nitrogens is 1. The van der Waals surface area contributed by atoms with Gasteiger partial charge in [0.1, 0.15) is 11.5 Å². The van der Waals surface area contributed by atoms with E-state index < -0.39 is 0 Å². The van der Waals surface area contributed by atoms with Gasteiger partial charge in [0.15, 0.2) is 5.96 Å². The molecule has 7 nitrogen and oxygen atoms in total. The second-order valence-electron chi connectivity index (χ2n) is 6.93. The number of nitrogens with zero attached hydrogens (tertiary/aromatic N) is 4. The van der Waals surface area contributed by atoms with Crippen molar-refractivity contribution in [2.24, 2.45) is 4.99 Å². The van der Waals surface area contributed by atoms with Crippen LogP contribution in [0.2, 0.25) is 0 Å². The molecule has 166 valence electrons. The molecule has 9 heteroatoms. The van der Waals surface area contributed by atoms with Crippen LogP contribution in [0.15, 0.2) is 28.6 Å². The quantitative estimate of drug-likeness (QED) is 0.328. The summed E-state index contributed by atoms with van der Waals surface area (Å²) in [6, 6.07) is 5.96. The highest BCUT2D eigenvalue weighted by Crippen LogP contribution is 2.25. The molecule has 1 aliphatic heterocycles. The van der Waals surface area contributed by atoms with Crippen LogP contribution in [-0.2, 0) is 19.5 Å². The molecule has 3 rings (SSSR count). The predicted octanol–water partition coefficient (Wildman–Crippen LogP) is 3.23. The zero-order valence-electron chi connectivity index (χ0n) is 18.2. The molecule has 0 bridgehead atoms. The van der Waals surface area contributed by atoms with Crippen LogP contribution in [-0.4, -0.2) is 68.2 Å². The molecule has 2 heterocycles. The number of ether oxygens (including phenoxy) is 2. The molecule has 0 aliphatic carbocycles. The predicted molar refractivity (Wildman–Crippen MR) is 134 cm³/mol. The van der Waals surface area contributed by atoms with E-state index in [0.717, 1.165) is 67.9 Å². The molecular weight excluding hydrogens is 513 g/mol. The lowest BCUT2D eigenvalue weighted by molar-refractivity contribution is 0.171. The van der Waals surface area contributed by atoms with Gasteiger partial charge in [-0.3, -0.25) is 9.89 Å². The minimum atomic E-state index is 0. The van der Waals surface area contributed by atoms with Gasteiger partial charge >= 0.3 is 0 Å². The van der Waals surface area contributed by atoms with Gasteiger partial charge in [-0.25, -0.2) is 4.98 Å². The van der Waals surface area contributed by atoms with Gasteiger partial charge in [-0.15, -0.1) is 35.3 Å². The molecule has 0 saturated carbocycles. The minimum Gasteiger partial charge on any atom is -0.497 e. The lowest BCUT2D eigenvalue weighted by Gasteiger charge is -2.36. The van der Waals surface area contributed by atoms with Crippen molar-refractivity contribution in [2.45, 2.75) is 26.4 Å². The van der Waals surface area contributed by atoms with E-state index in [2.05, 4.69) is 43.5 Å². The summed E-state index contributed by atoms with van der Waals surface area (Å²) in [7, 11) is 5.25. The third kappa shape index (κ3) is 6.45. The highest BCUT2D eigenvalue weighted by Gasteiger charge is 2.21. The second kappa shape index (κ2) is 12.3. The van der Waals surface area contributed by atoms with Crippen molar-refractivity contribution in [2.75, 3.05) is 47.4 Å². The van der Waals surface area contributed by atoms with E-state index in [0.29, 0.717) is 6.54 Å². The number of benzene rings is 1. The Labute approximate surface area is 200 Å². The first-order valence-corrected chi connectivity index (χ1v) is 10.9. The normalized spacial score (nSPS) is 14.9. The number of hydrogen-bond acceptors (Lipinski definition) is 6. The smallest absolute Gasteiger partial charge is 0.194 e. The molecule has 1 fully saturated rings. The average molecular weight is 545 g/mol. The van der Waals surface area contributed by atoms with E-state index >= 15 is 0 Å². The Morgan fingerprint density at radius 2 is 1.97 bits per heavy atom. The van der Waals surface area contributed by atoms with Crippen LogP contribution >= 0.6 is 35.3 Å². The number of aliphatic imine (C=N–C) groups is 1. The highest BCUT2D eigenvalue weighted by molar-refractivity contribution is 14.0. The van der Waals surface area contributed by atoms with Gasteiger partial charge in [-0.2, -0.15) is 0 Å². The van der Waals surface area contributed by atoms with E-state index in [1.807, 2.05) is 19.2 Å². The van der Waals surface area contributed by atoms with Crippen LogP contribution in [0.5, 0.6) is 11.5 Å². The van der Waals surface area contributed by atoms with Gasteiger partial charge in [0.05, 0.1) is 31.5 Å². The number of aryl methyl sites for hydroxylation is 1. The van der Waals surface area contributed by atoms with Gasteiger partial charge in [0.25, 0.3) is 0 Å². The van der Waals surface area contributed by atoms with Crippen LogP contribution in [0, 0.1) is 0 Å². The molecule has 2 aromatic rings. The molecular formula is C21H32IN5O2S. The Bertz CT molecular complexity index is 821. The number of hydrogen-bond donors (Lipinski definition) is 1. The maximum atomic E-state index is 5.52. The molecule has 1 aromatic heterocycles. The zero-order chi connectivity index (χ0) is 20.6. The molecule has 0 unspecified atom stereocenters.